The number of benzene rings is 1. The smallest absolute Gasteiger partial charge is 0.374 e. The fourth-order valence-corrected chi connectivity index (χ4v) is 2.71. The fraction of sp³-hybridized carbons (Fsp3) is 0.158. The van der Waals surface area contributed by atoms with Crippen LogP contribution in [0.25, 0.3) is 5.69 Å². The zero-order valence-electron chi connectivity index (χ0n) is 13.8. The average molecular weight is 341 g/mol. The van der Waals surface area contributed by atoms with Gasteiger partial charge in [0, 0.05) is 22.6 Å². The van der Waals surface area contributed by atoms with Gasteiger partial charge >= 0.3 is 5.97 Å². The Hall–Kier alpha value is -3.15. The lowest BCUT2D eigenvalue weighted by molar-refractivity contribution is 0.0444. The fourth-order valence-electron chi connectivity index (χ4n) is 2.71. The minimum absolute atomic E-state index is 0.0459. The van der Waals surface area contributed by atoms with Gasteiger partial charge in [0.05, 0.1) is 6.26 Å². The number of esters is 1. The Morgan fingerprint density at radius 3 is 2.52 bits per heavy atom. The summed E-state index contributed by atoms with van der Waals surface area (Å²) in [5.74, 6) is -1.29. The molecule has 0 radical (unpaired) electrons. The van der Waals surface area contributed by atoms with Crippen LogP contribution in [0.1, 0.15) is 32.3 Å². The number of nitrogens with zero attached hydrogens (tertiary/aromatic N) is 1. The van der Waals surface area contributed by atoms with Crippen molar-refractivity contribution in [2.24, 2.45) is 0 Å². The number of carbonyl (C=O) groups excluding carboxylic acids is 2. The first kappa shape index (κ1) is 16.7. The van der Waals surface area contributed by atoms with Crippen molar-refractivity contribution < 1.29 is 23.1 Å². The molecule has 0 aliphatic rings. The van der Waals surface area contributed by atoms with Gasteiger partial charge in [-0.25, -0.2) is 9.18 Å². The van der Waals surface area contributed by atoms with Crippen LogP contribution in [0.3, 0.4) is 0 Å². The van der Waals surface area contributed by atoms with Crippen LogP contribution in [0.15, 0.2) is 53.1 Å². The zero-order valence-corrected chi connectivity index (χ0v) is 13.8. The van der Waals surface area contributed by atoms with Crippen molar-refractivity contribution in [3.05, 3.63) is 77.3 Å². The van der Waals surface area contributed by atoms with E-state index in [2.05, 4.69) is 0 Å². The van der Waals surface area contributed by atoms with Crippen LogP contribution in [-0.4, -0.2) is 22.9 Å². The van der Waals surface area contributed by atoms with Gasteiger partial charge in [-0.05, 0) is 56.3 Å². The van der Waals surface area contributed by atoms with E-state index in [1.165, 1.54) is 24.5 Å². The van der Waals surface area contributed by atoms with E-state index in [0.29, 0.717) is 11.3 Å². The number of aryl methyl sites for hydroxylation is 1. The standard InChI is InChI=1S/C19H16FNO4/c1-12-10-16(13(2)21(12)15-7-5-14(20)6-8-15)17(22)11-25-19(23)18-4-3-9-24-18/h3-10H,11H2,1-2H3. The van der Waals surface area contributed by atoms with Crippen molar-refractivity contribution in [3.63, 3.8) is 0 Å². The number of carbonyl (C=O) groups is 2. The summed E-state index contributed by atoms with van der Waals surface area (Å²) in [6.45, 7) is 3.26. The van der Waals surface area contributed by atoms with Gasteiger partial charge in [0.15, 0.2) is 6.61 Å². The maximum Gasteiger partial charge on any atom is 0.374 e. The number of Topliss-reactive ketones (excluding diaryl/α,β-unsaturated/α-hetero) is 1. The van der Waals surface area contributed by atoms with Gasteiger partial charge in [-0.3, -0.25) is 4.79 Å². The third-order valence-electron chi connectivity index (χ3n) is 3.87. The summed E-state index contributed by atoms with van der Waals surface area (Å²) in [6, 6.07) is 10.8. The Labute approximate surface area is 143 Å². The van der Waals surface area contributed by atoms with Crippen LogP contribution < -0.4 is 0 Å². The van der Waals surface area contributed by atoms with Crippen molar-refractivity contribution in [3.8, 4) is 5.69 Å². The summed E-state index contributed by atoms with van der Waals surface area (Å²) in [4.78, 5) is 24.2. The molecule has 2 heterocycles. The van der Waals surface area contributed by atoms with Gasteiger partial charge in [-0.1, -0.05) is 0 Å². The highest BCUT2D eigenvalue weighted by Crippen LogP contribution is 2.21. The highest BCUT2D eigenvalue weighted by atomic mass is 19.1. The first-order valence-electron chi connectivity index (χ1n) is 7.66. The molecule has 0 saturated heterocycles. The molecule has 0 spiro atoms. The van der Waals surface area contributed by atoms with Gasteiger partial charge in [-0.15, -0.1) is 0 Å². The topological polar surface area (TPSA) is 61.4 Å². The maximum absolute atomic E-state index is 13.1. The molecule has 3 rings (SSSR count). The molecule has 0 aliphatic heterocycles. The van der Waals surface area contributed by atoms with E-state index >= 15 is 0 Å². The molecule has 1 aromatic carbocycles. The summed E-state index contributed by atoms with van der Waals surface area (Å²) >= 11 is 0. The molecule has 128 valence electrons. The van der Waals surface area contributed by atoms with E-state index in [1.807, 2.05) is 11.5 Å². The first-order chi connectivity index (χ1) is 12.0. The van der Waals surface area contributed by atoms with Crippen molar-refractivity contribution in [1.82, 2.24) is 4.57 Å². The van der Waals surface area contributed by atoms with Crippen molar-refractivity contribution in [1.29, 1.82) is 0 Å². The molecule has 0 atom stereocenters. The van der Waals surface area contributed by atoms with E-state index in [9.17, 15) is 14.0 Å². The van der Waals surface area contributed by atoms with Crippen molar-refractivity contribution in [2.45, 2.75) is 13.8 Å². The largest absolute Gasteiger partial charge is 0.457 e. The molecular weight excluding hydrogens is 325 g/mol. The third-order valence-corrected chi connectivity index (χ3v) is 3.87. The van der Waals surface area contributed by atoms with Gasteiger partial charge in [-0.2, -0.15) is 0 Å². The molecule has 0 unspecified atom stereocenters. The van der Waals surface area contributed by atoms with Gasteiger partial charge < -0.3 is 13.7 Å². The highest BCUT2D eigenvalue weighted by Gasteiger charge is 2.19. The molecule has 0 amide bonds. The quantitative estimate of drug-likeness (QED) is 0.522. The van der Waals surface area contributed by atoms with E-state index in [-0.39, 0.29) is 24.0 Å². The first-order valence-corrected chi connectivity index (χ1v) is 7.66. The number of ketones is 1. The van der Waals surface area contributed by atoms with Crippen LogP contribution in [0.5, 0.6) is 0 Å². The summed E-state index contributed by atoms with van der Waals surface area (Å²) in [5, 5.41) is 0. The number of hydrogen-bond donors (Lipinski definition) is 0. The lowest BCUT2D eigenvalue weighted by Gasteiger charge is -2.10. The second-order valence-corrected chi connectivity index (χ2v) is 5.57. The average Bonchev–Trinajstić information content (AvgIpc) is 3.22. The molecule has 5 nitrogen and oxygen atoms in total. The minimum atomic E-state index is -0.689. The second kappa shape index (κ2) is 6.76. The number of hydrogen-bond acceptors (Lipinski definition) is 4. The lowest BCUT2D eigenvalue weighted by atomic mass is 10.1. The number of furan rings is 1. The molecule has 2 aromatic heterocycles. The summed E-state index contributed by atoms with van der Waals surface area (Å²) in [5.41, 5.74) is 2.73. The zero-order chi connectivity index (χ0) is 18.0. The molecule has 0 saturated carbocycles. The van der Waals surface area contributed by atoms with Crippen LogP contribution >= 0.6 is 0 Å². The van der Waals surface area contributed by atoms with Gasteiger partial charge in [0.25, 0.3) is 0 Å². The predicted molar refractivity (Wildman–Crippen MR) is 88.5 cm³/mol. The van der Waals surface area contributed by atoms with Gasteiger partial charge in [0.1, 0.15) is 5.82 Å². The number of aromatic nitrogens is 1. The Bertz CT molecular complexity index is 908. The van der Waals surface area contributed by atoms with Crippen molar-refractivity contribution in [2.75, 3.05) is 6.61 Å². The Morgan fingerprint density at radius 2 is 1.88 bits per heavy atom. The number of rotatable bonds is 5. The van der Waals surface area contributed by atoms with E-state index < -0.39 is 5.97 Å². The van der Waals surface area contributed by atoms with E-state index in [4.69, 9.17) is 9.15 Å². The highest BCUT2D eigenvalue weighted by molar-refractivity contribution is 6.00. The Morgan fingerprint density at radius 1 is 1.16 bits per heavy atom. The second-order valence-electron chi connectivity index (χ2n) is 5.57. The van der Waals surface area contributed by atoms with Gasteiger partial charge in [0.2, 0.25) is 11.5 Å². The molecule has 3 aromatic rings. The number of halogens is 1. The minimum Gasteiger partial charge on any atom is -0.457 e. The third kappa shape index (κ3) is 3.38. The molecular formula is C19H16FNO4. The molecule has 0 N–H and O–H groups in total. The molecule has 0 aliphatic carbocycles. The molecule has 0 bridgehead atoms. The lowest BCUT2D eigenvalue weighted by Crippen LogP contribution is -2.14. The summed E-state index contributed by atoms with van der Waals surface area (Å²) < 4.78 is 24.9. The SMILES string of the molecule is Cc1cc(C(=O)COC(=O)c2ccco2)c(C)n1-c1ccc(F)cc1. The Kier molecular flexibility index (Phi) is 4.52. The van der Waals surface area contributed by atoms with E-state index in [0.717, 1.165) is 11.4 Å². The molecule has 25 heavy (non-hydrogen) atoms. The van der Waals surface area contributed by atoms with Crippen molar-refractivity contribution >= 4 is 11.8 Å². The van der Waals surface area contributed by atoms with Crippen LogP contribution in [0.2, 0.25) is 0 Å². The van der Waals surface area contributed by atoms with Crippen LogP contribution in [0, 0.1) is 19.7 Å². The van der Waals surface area contributed by atoms with Crippen LogP contribution in [-0.2, 0) is 4.74 Å². The molecule has 6 heteroatoms. The van der Waals surface area contributed by atoms with Crippen LogP contribution in [0.4, 0.5) is 4.39 Å². The Balaban J connectivity index is 1.78. The summed E-state index contributed by atoms with van der Waals surface area (Å²) in [7, 11) is 0. The van der Waals surface area contributed by atoms with E-state index in [1.54, 1.807) is 31.2 Å². The summed E-state index contributed by atoms with van der Waals surface area (Å²) in [6.07, 6.45) is 1.36. The monoisotopic (exact) mass is 341 g/mol. The maximum atomic E-state index is 13.1. The normalized spacial score (nSPS) is 10.7. The predicted octanol–water partition coefficient (Wildman–Crippen LogP) is 3.87. The molecule has 0 fully saturated rings. The number of ether oxygens (including phenoxy) is 1.